The summed E-state index contributed by atoms with van der Waals surface area (Å²) in [6.45, 7) is 4.65. The highest BCUT2D eigenvalue weighted by molar-refractivity contribution is 7.89. The summed E-state index contributed by atoms with van der Waals surface area (Å²) >= 11 is 0. The SMILES string of the molecule is Cc1ccc(S(=O)(=O)N2CCN(C#N)Cc3cccc(c3)CN(C#N)CCN(S(=O)(=O)c3ccc(C)cc3)CCN(C#N)Cc3cccc(c3)CN(C#N)CC2)cc1. The Morgan fingerprint density at radius 3 is 0.914 bits per heavy atom. The molecule has 0 amide bonds. The van der Waals surface area contributed by atoms with Gasteiger partial charge in [0.15, 0.2) is 24.8 Å². The molecule has 5 rings (SSSR count). The zero-order chi connectivity index (χ0) is 41.7. The van der Waals surface area contributed by atoms with Crippen molar-refractivity contribution in [2.24, 2.45) is 0 Å². The maximum Gasteiger partial charge on any atom is 0.243 e. The van der Waals surface area contributed by atoms with Gasteiger partial charge in [-0.3, -0.25) is 0 Å². The van der Waals surface area contributed by atoms with Crippen molar-refractivity contribution in [3.8, 4) is 24.8 Å². The van der Waals surface area contributed by atoms with E-state index in [1.54, 1.807) is 48.5 Å². The molecule has 0 atom stereocenters. The molecule has 300 valence electrons. The third-order valence-electron chi connectivity index (χ3n) is 9.84. The molecule has 0 aromatic heterocycles. The molecular formula is C42H46N10O4S2. The summed E-state index contributed by atoms with van der Waals surface area (Å²) in [5.41, 5.74) is 4.86. The van der Waals surface area contributed by atoms with E-state index in [0.29, 0.717) is 0 Å². The lowest BCUT2D eigenvalue weighted by atomic mass is 10.1. The lowest BCUT2D eigenvalue weighted by molar-refractivity contribution is 0.289. The van der Waals surface area contributed by atoms with Crippen molar-refractivity contribution in [1.82, 2.24) is 28.2 Å². The first-order valence-corrected chi connectivity index (χ1v) is 21.6. The number of fused-ring (bicyclic) bond motifs is 4. The Morgan fingerprint density at radius 2 is 0.672 bits per heavy atom. The average Bonchev–Trinajstić information content (AvgIpc) is 3.21. The molecule has 4 aromatic rings. The predicted octanol–water partition coefficient (Wildman–Crippen LogP) is 4.53. The number of aryl methyl sites for hydroxylation is 2. The van der Waals surface area contributed by atoms with Gasteiger partial charge in [0.2, 0.25) is 20.0 Å². The van der Waals surface area contributed by atoms with Crippen LogP contribution < -0.4 is 0 Å². The maximum atomic E-state index is 14.0. The highest BCUT2D eigenvalue weighted by atomic mass is 32.2. The van der Waals surface area contributed by atoms with Crippen LogP contribution in [0.25, 0.3) is 0 Å². The third kappa shape index (κ3) is 11.5. The van der Waals surface area contributed by atoms with Gasteiger partial charge in [-0.05, 0) is 60.4 Å². The van der Waals surface area contributed by atoms with E-state index in [-0.39, 0.29) is 88.3 Å². The van der Waals surface area contributed by atoms with Gasteiger partial charge in [-0.15, -0.1) is 0 Å². The number of hydrogen-bond acceptors (Lipinski definition) is 12. The predicted molar refractivity (Wildman–Crippen MR) is 217 cm³/mol. The van der Waals surface area contributed by atoms with E-state index in [1.165, 1.54) is 28.2 Å². The first kappa shape index (κ1) is 43.0. The Kier molecular flexibility index (Phi) is 14.7. The lowest BCUT2D eigenvalue weighted by Crippen LogP contribution is -2.41. The van der Waals surface area contributed by atoms with Gasteiger partial charge in [-0.25, -0.2) is 16.8 Å². The summed E-state index contributed by atoms with van der Waals surface area (Å²) < 4.78 is 58.5. The molecular weight excluding hydrogens is 773 g/mol. The molecule has 0 N–H and O–H groups in total. The standard InChI is InChI=1S/C42H46N10O4S2/c1-35-9-13-41(14-10-35)57(53,54)51-21-17-47(31-43)27-37-5-3-7-39(25-37)29-49(33-45)19-23-52(58(55,56)42-15-11-36(2)12-16-42)24-20-50(34-46)30-40-8-4-6-38(26-40)28-48(32-44)18-22-51/h3-16,25-26H,17-24,27-30H2,1-2H3. The normalized spacial score (nSPS) is 16.2. The monoisotopic (exact) mass is 818 g/mol. The fourth-order valence-electron chi connectivity index (χ4n) is 6.54. The zero-order valence-electron chi connectivity index (χ0n) is 32.6. The van der Waals surface area contributed by atoms with Gasteiger partial charge in [0.1, 0.15) is 0 Å². The fourth-order valence-corrected chi connectivity index (χ4v) is 9.39. The molecule has 0 saturated carbocycles. The molecule has 14 nitrogen and oxygen atoms in total. The van der Waals surface area contributed by atoms with Crippen molar-refractivity contribution in [1.29, 1.82) is 21.0 Å². The van der Waals surface area contributed by atoms with E-state index in [1.807, 2.05) is 62.4 Å². The molecule has 4 bridgehead atoms. The van der Waals surface area contributed by atoms with Crippen molar-refractivity contribution in [3.63, 3.8) is 0 Å². The van der Waals surface area contributed by atoms with Crippen LogP contribution in [0.3, 0.4) is 0 Å². The Bertz CT molecular complexity index is 2160. The molecule has 0 spiro atoms. The second-order valence-electron chi connectivity index (χ2n) is 14.2. The minimum Gasteiger partial charge on any atom is -0.305 e. The third-order valence-corrected chi connectivity index (χ3v) is 13.7. The summed E-state index contributed by atoms with van der Waals surface area (Å²) in [6, 6.07) is 27.8. The first-order chi connectivity index (χ1) is 27.8. The minimum absolute atomic E-state index is 0.0214. The van der Waals surface area contributed by atoms with Gasteiger partial charge < -0.3 is 19.6 Å². The Balaban J connectivity index is 1.47. The van der Waals surface area contributed by atoms with Gasteiger partial charge in [-0.2, -0.15) is 29.7 Å². The van der Waals surface area contributed by atoms with Gasteiger partial charge in [0, 0.05) is 52.4 Å². The van der Waals surface area contributed by atoms with E-state index in [0.717, 1.165) is 33.4 Å². The largest absolute Gasteiger partial charge is 0.305 e. The Hall–Kier alpha value is -6.14. The quantitative estimate of drug-likeness (QED) is 0.263. The summed E-state index contributed by atoms with van der Waals surface area (Å²) in [5, 5.41) is 40.6. The van der Waals surface area contributed by atoms with Crippen LogP contribution in [0.4, 0.5) is 0 Å². The minimum atomic E-state index is -4.00. The van der Waals surface area contributed by atoms with E-state index in [4.69, 9.17) is 0 Å². The van der Waals surface area contributed by atoms with Crippen LogP contribution >= 0.6 is 0 Å². The number of hydrogen-bond donors (Lipinski definition) is 0. The molecule has 1 heterocycles. The molecule has 0 fully saturated rings. The average molecular weight is 819 g/mol. The van der Waals surface area contributed by atoms with Crippen molar-refractivity contribution in [2.45, 2.75) is 49.8 Å². The molecule has 0 unspecified atom stereocenters. The topological polar surface area (TPSA) is 183 Å². The van der Waals surface area contributed by atoms with Gasteiger partial charge in [0.05, 0.1) is 36.0 Å². The second kappa shape index (κ2) is 19.8. The van der Waals surface area contributed by atoms with E-state index in [2.05, 4.69) is 24.8 Å². The highest BCUT2D eigenvalue weighted by Crippen LogP contribution is 2.20. The number of rotatable bonds is 4. The molecule has 4 aromatic carbocycles. The zero-order valence-corrected chi connectivity index (χ0v) is 34.3. The van der Waals surface area contributed by atoms with Crippen LogP contribution in [-0.2, 0) is 46.2 Å². The van der Waals surface area contributed by atoms with E-state index in [9.17, 15) is 37.9 Å². The smallest absolute Gasteiger partial charge is 0.243 e. The maximum absolute atomic E-state index is 14.0. The van der Waals surface area contributed by atoms with Gasteiger partial charge >= 0.3 is 0 Å². The van der Waals surface area contributed by atoms with E-state index >= 15 is 0 Å². The number of sulfonamides is 2. The van der Waals surface area contributed by atoms with Crippen molar-refractivity contribution in [3.05, 3.63) is 130 Å². The highest BCUT2D eigenvalue weighted by Gasteiger charge is 2.27. The second-order valence-corrected chi connectivity index (χ2v) is 18.0. The fraction of sp³-hybridized carbons (Fsp3) is 0.333. The van der Waals surface area contributed by atoms with Crippen LogP contribution in [-0.4, -0.2) is 97.4 Å². The van der Waals surface area contributed by atoms with Crippen molar-refractivity contribution in [2.75, 3.05) is 52.4 Å². The summed E-state index contributed by atoms with van der Waals surface area (Å²) in [7, 11) is -8.01. The van der Waals surface area contributed by atoms with Crippen LogP contribution in [0.1, 0.15) is 33.4 Å². The van der Waals surface area contributed by atoms with Crippen LogP contribution in [0.2, 0.25) is 0 Å². The Morgan fingerprint density at radius 1 is 0.414 bits per heavy atom. The van der Waals surface area contributed by atoms with E-state index < -0.39 is 20.0 Å². The summed E-state index contributed by atoms with van der Waals surface area (Å²) in [5.74, 6) is 0. The molecule has 0 aliphatic carbocycles. The first-order valence-electron chi connectivity index (χ1n) is 18.7. The molecule has 0 radical (unpaired) electrons. The molecule has 1 aliphatic heterocycles. The summed E-state index contributed by atoms with van der Waals surface area (Å²) in [6.07, 6.45) is 8.71. The van der Waals surface area contributed by atoms with Crippen molar-refractivity contribution >= 4 is 20.0 Å². The molecule has 58 heavy (non-hydrogen) atoms. The van der Waals surface area contributed by atoms with Gasteiger partial charge in [-0.1, -0.05) is 83.9 Å². The number of nitrogens with zero attached hydrogens (tertiary/aromatic N) is 10. The molecule has 1 aliphatic rings. The number of benzene rings is 4. The van der Waals surface area contributed by atoms with Gasteiger partial charge in [0.25, 0.3) is 0 Å². The van der Waals surface area contributed by atoms with Crippen LogP contribution in [0.15, 0.2) is 107 Å². The van der Waals surface area contributed by atoms with Crippen LogP contribution in [0.5, 0.6) is 0 Å². The molecule has 0 saturated heterocycles. The molecule has 16 heteroatoms. The van der Waals surface area contributed by atoms with Crippen LogP contribution in [0, 0.1) is 59.7 Å². The number of nitriles is 4. The Labute approximate surface area is 342 Å². The van der Waals surface area contributed by atoms with Crippen molar-refractivity contribution < 1.29 is 16.8 Å². The summed E-state index contributed by atoms with van der Waals surface area (Å²) in [4.78, 5) is 6.07. The lowest BCUT2D eigenvalue weighted by Gasteiger charge is -2.27.